The molecule has 1 aromatic carbocycles. The fourth-order valence-electron chi connectivity index (χ4n) is 4.89. The van der Waals surface area contributed by atoms with Gasteiger partial charge in [-0.05, 0) is 41.7 Å². The Morgan fingerprint density at radius 1 is 1.18 bits per heavy atom. The molecule has 1 saturated carbocycles. The molecule has 4 rings (SSSR count). The Hall–Kier alpha value is -1.70. The van der Waals surface area contributed by atoms with Crippen molar-refractivity contribution >= 4 is 11.6 Å². The van der Waals surface area contributed by atoms with Gasteiger partial charge in [-0.15, -0.1) is 0 Å². The van der Waals surface area contributed by atoms with Gasteiger partial charge in [-0.1, -0.05) is 45.1 Å². The van der Waals surface area contributed by atoms with Crippen LogP contribution in [0.4, 0.5) is 0 Å². The highest BCUT2D eigenvalue weighted by Gasteiger charge is 2.60. The second kappa shape index (κ2) is 4.41. The molecule has 4 atom stereocenters. The van der Waals surface area contributed by atoms with Crippen LogP contribution in [0.25, 0.3) is 0 Å². The third-order valence-corrected chi connectivity index (χ3v) is 5.77. The fraction of sp³-hybridized carbons (Fsp3) is 0.500. The number of carbonyl (C=O) groups excluding carboxylic acids is 2. The zero-order chi connectivity index (χ0) is 15.6. The number of hydrogen-bond donors (Lipinski definition) is 0. The van der Waals surface area contributed by atoms with Crippen molar-refractivity contribution in [3.8, 4) is 0 Å². The maximum atomic E-state index is 13.0. The lowest BCUT2D eigenvalue weighted by atomic mass is 9.65. The van der Waals surface area contributed by atoms with Crippen molar-refractivity contribution in [1.29, 1.82) is 0 Å². The molecule has 2 nitrogen and oxygen atoms in total. The van der Waals surface area contributed by atoms with Gasteiger partial charge in [0.05, 0.1) is 0 Å². The standard InChI is InChI=1S/C20H22O2/c1-11(2)8-12-4-5-14-15(9-12)18(21)16-13-6-7-20(3,10-13)17(16)19(14)22/h4-7,9,11,13,16-17H,8,10H2,1-3H3. The zero-order valence-corrected chi connectivity index (χ0v) is 13.4. The van der Waals surface area contributed by atoms with Crippen LogP contribution in [0.2, 0.25) is 0 Å². The smallest absolute Gasteiger partial charge is 0.168 e. The van der Waals surface area contributed by atoms with Crippen LogP contribution in [0.1, 0.15) is 53.5 Å². The van der Waals surface area contributed by atoms with Gasteiger partial charge in [-0.3, -0.25) is 9.59 Å². The predicted molar refractivity (Wildman–Crippen MR) is 86.0 cm³/mol. The molecule has 4 unspecified atom stereocenters. The van der Waals surface area contributed by atoms with Crippen LogP contribution in [-0.2, 0) is 6.42 Å². The largest absolute Gasteiger partial charge is 0.294 e. The molecule has 2 heteroatoms. The summed E-state index contributed by atoms with van der Waals surface area (Å²) in [4.78, 5) is 26.0. The molecule has 0 aromatic heterocycles. The monoisotopic (exact) mass is 294 g/mol. The van der Waals surface area contributed by atoms with Crippen molar-refractivity contribution in [2.24, 2.45) is 29.1 Å². The van der Waals surface area contributed by atoms with Crippen LogP contribution >= 0.6 is 0 Å². The van der Waals surface area contributed by atoms with E-state index in [1.165, 1.54) is 5.56 Å². The van der Waals surface area contributed by atoms with Crippen molar-refractivity contribution in [3.63, 3.8) is 0 Å². The van der Waals surface area contributed by atoms with Crippen LogP contribution in [0.3, 0.4) is 0 Å². The summed E-state index contributed by atoms with van der Waals surface area (Å²) in [6.45, 7) is 6.48. The maximum Gasteiger partial charge on any atom is 0.168 e. The summed E-state index contributed by atoms with van der Waals surface area (Å²) in [6.07, 6.45) is 6.23. The van der Waals surface area contributed by atoms with E-state index in [1.54, 1.807) is 0 Å². The molecule has 1 fully saturated rings. The van der Waals surface area contributed by atoms with Crippen molar-refractivity contribution in [2.45, 2.75) is 33.6 Å². The number of ketones is 2. The topological polar surface area (TPSA) is 34.1 Å². The SMILES string of the molecule is CC(C)Cc1ccc2c(c1)C(=O)C1C3C=CC(C)(C3)C1C2=O. The average Bonchev–Trinajstić information content (AvgIpc) is 2.97. The van der Waals surface area contributed by atoms with Crippen molar-refractivity contribution in [2.75, 3.05) is 0 Å². The van der Waals surface area contributed by atoms with Gasteiger partial charge in [0, 0.05) is 23.0 Å². The van der Waals surface area contributed by atoms with Gasteiger partial charge >= 0.3 is 0 Å². The zero-order valence-electron chi connectivity index (χ0n) is 13.4. The van der Waals surface area contributed by atoms with E-state index in [9.17, 15) is 9.59 Å². The van der Waals surface area contributed by atoms with E-state index >= 15 is 0 Å². The molecule has 0 amide bonds. The van der Waals surface area contributed by atoms with Crippen molar-refractivity contribution < 1.29 is 9.59 Å². The third kappa shape index (κ3) is 1.73. The summed E-state index contributed by atoms with van der Waals surface area (Å²) in [5, 5.41) is 0. The van der Waals surface area contributed by atoms with Gasteiger partial charge < -0.3 is 0 Å². The molecule has 0 heterocycles. The highest BCUT2D eigenvalue weighted by molar-refractivity contribution is 6.17. The lowest BCUT2D eigenvalue weighted by Crippen LogP contribution is -2.42. The molecular formula is C20H22O2. The Labute approximate surface area is 131 Å². The Balaban J connectivity index is 1.81. The molecule has 1 aromatic rings. The fourth-order valence-corrected chi connectivity index (χ4v) is 4.89. The number of allylic oxidation sites excluding steroid dienone is 2. The molecule has 0 aliphatic heterocycles. The first-order chi connectivity index (χ1) is 10.4. The number of hydrogen-bond acceptors (Lipinski definition) is 2. The molecule has 0 radical (unpaired) electrons. The number of carbonyl (C=O) groups is 2. The van der Waals surface area contributed by atoms with Gasteiger partial charge in [0.15, 0.2) is 11.6 Å². The summed E-state index contributed by atoms with van der Waals surface area (Å²) in [5.41, 5.74) is 2.38. The number of fused-ring (bicyclic) bond motifs is 6. The van der Waals surface area contributed by atoms with Gasteiger partial charge in [0.1, 0.15) is 0 Å². The highest BCUT2D eigenvalue weighted by Crippen LogP contribution is 2.59. The van der Waals surface area contributed by atoms with E-state index in [0.29, 0.717) is 17.0 Å². The summed E-state index contributed by atoms with van der Waals surface area (Å²) >= 11 is 0. The van der Waals surface area contributed by atoms with Crippen LogP contribution < -0.4 is 0 Å². The molecular weight excluding hydrogens is 272 g/mol. The first-order valence-corrected chi connectivity index (χ1v) is 8.31. The molecule has 3 aliphatic rings. The summed E-state index contributed by atoms with van der Waals surface area (Å²) in [7, 11) is 0. The lowest BCUT2D eigenvalue weighted by Gasteiger charge is -2.36. The third-order valence-electron chi connectivity index (χ3n) is 5.77. The minimum absolute atomic E-state index is 0.115. The van der Waals surface area contributed by atoms with E-state index in [4.69, 9.17) is 0 Å². The first-order valence-electron chi connectivity index (χ1n) is 8.31. The number of rotatable bonds is 2. The maximum absolute atomic E-state index is 13.0. The minimum Gasteiger partial charge on any atom is -0.294 e. The Bertz CT molecular complexity index is 712. The highest BCUT2D eigenvalue weighted by atomic mass is 16.1. The predicted octanol–water partition coefficient (Wildman–Crippen LogP) is 4.09. The van der Waals surface area contributed by atoms with Crippen LogP contribution in [0.5, 0.6) is 0 Å². The van der Waals surface area contributed by atoms with E-state index in [-0.39, 0.29) is 34.7 Å². The molecule has 0 spiro atoms. The van der Waals surface area contributed by atoms with Crippen LogP contribution in [0.15, 0.2) is 30.4 Å². The second-order valence-electron chi connectivity index (χ2n) is 7.94. The van der Waals surface area contributed by atoms with Gasteiger partial charge in [-0.2, -0.15) is 0 Å². The Morgan fingerprint density at radius 2 is 1.95 bits per heavy atom. The molecule has 2 bridgehead atoms. The minimum atomic E-state index is -0.140. The lowest BCUT2D eigenvalue weighted by molar-refractivity contribution is 0.0676. The van der Waals surface area contributed by atoms with E-state index in [2.05, 4.69) is 32.9 Å². The number of benzene rings is 1. The van der Waals surface area contributed by atoms with E-state index in [1.807, 2.05) is 18.2 Å². The van der Waals surface area contributed by atoms with Crippen LogP contribution in [0, 0.1) is 29.1 Å². The number of Topliss-reactive ketones (excluding diaryl/α,β-unsaturated/α-hetero) is 2. The summed E-state index contributed by atoms with van der Waals surface area (Å²) < 4.78 is 0. The summed E-state index contributed by atoms with van der Waals surface area (Å²) in [6, 6.07) is 5.89. The molecule has 3 aliphatic carbocycles. The van der Waals surface area contributed by atoms with Gasteiger partial charge in [0.2, 0.25) is 0 Å². The molecule has 0 saturated heterocycles. The van der Waals surface area contributed by atoms with Crippen molar-refractivity contribution in [1.82, 2.24) is 0 Å². The molecule has 0 N–H and O–H groups in total. The average molecular weight is 294 g/mol. The van der Waals surface area contributed by atoms with Crippen molar-refractivity contribution in [3.05, 3.63) is 47.0 Å². The quantitative estimate of drug-likeness (QED) is 0.770. The van der Waals surface area contributed by atoms with E-state index in [0.717, 1.165) is 12.8 Å². The Morgan fingerprint density at radius 3 is 2.68 bits per heavy atom. The van der Waals surface area contributed by atoms with Crippen LogP contribution in [-0.4, -0.2) is 11.6 Å². The van der Waals surface area contributed by atoms with E-state index < -0.39 is 0 Å². The summed E-state index contributed by atoms with van der Waals surface area (Å²) in [5.74, 6) is 0.925. The van der Waals surface area contributed by atoms with Gasteiger partial charge in [-0.25, -0.2) is 0 Å². The van der Waals surface area contributed by atoms with Gasteiger partial charge in [0.25, 0.3) is 0 Å². The second-order valence-corrected chi connectivity index (χ2v) is 7.94. The molecule has 22 heavy (non-hydrogen) atoms. The first kappa shape index (κ1) is 13.9. The Kier molecular flexibility index (Phi) is 2.79. The normalized spacial score (nSPS) is 35.2. The molecule has 114 valence electrons.